The molecule has 0 spiro atoms. The van der Waals surface area contributed by atoms with E-state index in [1.54, 1.807) is 7.11 Å². The Morgan fingerprint density at radius 3 is 1.88 bits per heavy atom. The van der Waals surface area contributed by atoms with Crippen molar-refractivity contribution in [1.29, 1.82) is 0 Å². The highest BCUT2D eigenvalue weighted by Crippen LogP contribution is 2.44. The van der Waals surface area contributed by atoms with Crippen LogP contribution >= 0.6 is 11.8 Å². The summed E-state index contributed by atoms with van der Waals surface area (Å²) in [5.41, 5.74) is 4.12. The van der Waals surface area contributed by atoms with Gasteiger partial charge in [0.05, 0.1) is 7.11 Å². The van der Waals surface area contributed by atoms with Gasteiger partial charge < -0.3 is 4.74 Å². The highest BCUT2D eigenvalue weighted by molar-refractivity contribution is 8.00. The van der Waals surface area contributed by atoms with E-state index in [0.717, 1.165) is 5.75 Å². The van der Waals surface area contributed by atoms with E-state index in [1.807, 2.05) is 39.5 Å². The second-order valence-electron chi connectivity index (χ2n) is 7.34. The number of unbranched alkanes of at least 4 members (excludes halogenated alkanes) is 1. The Kier molecular flexibility index (Phi) is 13.5. The molecule has 1 nitrogen and oxygen atoms in total. The summed E-state index contributed by atoms with van der Waals surface area (Å²) in [6.07, 6.45) is 2.52. The van der Waals surface area contributed by atoms with Gasteiger partial charge in [-0.05, 0) is 49.5 Å². The lowest BCUT2D eigenvalue weighted by Crippen LogP contribution is -2.19. The Balaban J connectivity index is 0. The van der Waals surface area contributed by atoms with Crippen LogP contribution in [0.5, 0.6) is 5.75 Å². The zero-order valence-electron chi connectivity index (χ0n) is 19.1. The largest absolute Gasteiger partial charge is 0.496 e. The van der Waals surface area contributed by atoms with Crippen molar-refractivity contribution in [1.82, 2.24) is 0 Å². The van der Waals surface area contributed by atoms with Crippen LogP contribution in [0.2, 0.25) is 0 Å². The molecule has 1 aromatic carbocycles. The van der Waals surface area contributed by atoms with Crippen LogP contribution in [0, 0.1) is 6.92 Å². The van der Waals surface area contributed by atoms with Gasteiger partial charge in [-0.3, -0.25) is 0 Å². The van der Waals surface area contributed by atoms with Crippen molar-refractivity contribution in [3.63, 3.8) is 0 Å². The molecule has 25 heavy (non-hydrogen) atoms. The molecule has 0 radical (unpaired) electrons. The molecule has 1 rings (SSSR count). The van der Waals surface area contributed by atoms with Crippen molar-refractivity contribution in [3.8, 4) is 5.75 Å². The Morgan fingerprint density at radius 1 is 0.960 bits per heavy atom. The van der Waals surface area contributed by atoms with Crippen molar-refractivity contribution in [2.45, 2.75) is 99.2 Å². The summed E-state index contributed by atoms with van der Waals surface area (Å²) in [7, 11) is 1.79. The molecule has 0 saturated heterocycles. The molecule has 0 heterocycles. The molecule has 2 heteroatoms. The lowest BCUT2D eigenvalue weighted by molar-refractivity contribution is 0.401. The van der Waals surface area contributed by atoms with Gasteiger partial charge in [0.1, 0.15) is 5.75 Å². The third kappa shape index (κ3) is 8.53. The van der Waals surface area contributed by atoms with Crippen molar-refractivity contribution in [2.24, 2.45) is 0 Å². The van der Waals surface area contributed by atoms with Crippen molar-refractivity contribution < 1.29 is 4.74 Å². The molecule has 1 aromatic rings. The molecule has 0 N–H and O–H groups in total. The van der Waals surface area contributed by atoms with Gasteiger partial charge in [0, 0.05) is 10.3 Å². The predicted molar refractivity (Wildman–Crippen MR) is 120 cm³/mol. The Hall–Kier alpha value is -0.630. The fourth-order valence-electron chi connectivity index (χ4n) is 2.47. The quantitative estimate of drug-likeness (QED) is 0.469. The van der Waals surface area contributed by atoms with E-state index >= 15 is 0 Å². The average Bonchev–Trinajstić information content (AvgIpc) is 2.57. The first-order chi connectivity index (χ1) is 11.6. The maximum absolute atomic E-state index is 5.72. The van der Waals surface area contributed by atoms with E-state index in [4.69, 9.17) is 4.74 Å². The smallest absolute Gasteiger partial charge is 0.126 e. The predicted octanol–water partition coefficient (Wildman–Crippen LogP) is 8.12. The monoisotopic (exact) mass is 368 g/mol. The minimum absolute atomic E-state index is 0.0759. The van der Waals surface area contributed by atoms with Gasteiger partial charge in [-0.1, -0.05) is 73.9 Å². The van der Waals surface area contributed by atoms with Gasteiger partial charge in [-0.2, -0.15) is 11.8 Å². The summed E-state index contributed by atoms with van der Waals surface area (Å²) in [6, 6.07) is 4.62. The maximum Gasteiger partial charge on any atom is 0.126 e. The van der Waals surface area contributed by atoms with Crippen molar-refractivity contribution in [2.75, 3.05) is 12.9 Å². The molecule has 0 unspecified atom stereocenters. The molecule has 148 valence electrons. The number of hydrogen-bond donors (Lipinski definition) is 0. The zero-order chi connectivity index (χ0) is 20.3. The van der Waals surface area contributed by atoms with E-state index in [0.29, 0.717) is 0 Å². The first kappa shape index (κ1) is 26.6. The number of benzene rings is 1. The molecule has 0 aliphatic carbocycles. The minimum atomic E-state index is 0.0759. The highest BCUT2D eigenvalue weighted by atomic mass is 32.2. The Bertz CT molecular complexity index is 470. The molecule has 0 aromatic heterocycles. The van der Waals surface area contributed by atoms with E-state index in [9.17, 15) is 0 Å². The van der Waals surface area contributed by atoms with Crippen LogP contribution in [-0.2, 0) is 10.2 Å². The first-order valence-electron chi connectivity index (χ1n) is 9.97. The van der Waals surface area contributed by atoms with Crippen LogP contribution in [0.1, 0.15) is 98.8 Å². The van der Waals surface area contributed by atoms with Gasteiger partial charge in [0.25, 0.3) is 0 Å². The van der Waals surface area contributed by atoms with Gasteiger partial charge in [-0.25, -0.2) is 0 Å². The molecule has 0 aliphatic rings. The highest BCUT2D eigenvalue weighted by Gasteiger charge is 2.28. The summed E-state index contributed by atoms with van der Waals surface area (Å²) in [5, 5.41) is 0. The fourth-order valence-corrected chi connectivity index (χ4v) is 3.72. The van der Waals surface area contributed by atoms with Gasteiger partial charge in [-0.15, -0.1) is 0 Å². The molecular weight excluding hydrogens is 324 g/mol. The summed E-state index contributed by atoms with van der Waals surface area (Å²) in [4.78, 5) is 0. The Labute approximate surface area is 163 Å². The zero-order valence-corrected chi connectivity index (χ0v) is 19.9. The van der Waals surface area contributed by atoms with Gasteiger partial charge in [0.2, 0.25) is 0 Å². The summed E-state index contributed by atoms with van der Waals surface area (Å²) in [5.74, 6) is 2.25. The van der Waals surface area contributed by atoms with Gasteiger partial charge in [0.15, 0.2) is 0 Å². The number of aryl methyl sites for hydroxylation is 1. The van der Waals surface area contributed by atoms with Crippen LogP contribution in [0.3, 0.4) is 0 Å². The van der Waals surface area contributed by atoms with E-state index < -0.39 is 0 Å². The minimum Gasteiger partial charge on any atom is -0.496 e. The van der Waals surface area contributed by atoms with E-state index in [2.05, 4.69) is 60.6 Å². The van der Waals surface area contributed by atoms with Crippen LogP contribution in [0.15, 0.2) is 12.1 Å². The Morgan fingerprint density at radius 2 is 1.48 bits per heavy atom. The summed E-state index contributed by atoms with van der Waals surface area (Å²) < 4.78 is 5.80. The topological polar surface area (TPSA) is 9.23 Å². The molecule has 0 amide bonds. The van der Waals surface area contributed by atoms with Crippen LogP contribution < -0.4 is 4.74 Å². The van der Waals surface area contributed by atoms with Crippen LogP contribution in [0.4, 0.5) is 0 Å². The fraction of sp³-hybridized carbons (Fsp3) is 0.739. The number of hydrogen-bond acceptors (Lipinski definition) is 2. The van der Waals surface area contributed by atoms with Crippen LogP contribution in [-0.4, -0.2) is 12.9 Å². The lowest BCUT2D eigenvalue weighted by Gasteiger charge is -2.30. The molecule has 0 aliphatic heterocycles. The third-order valence-corrected chi connectivity index (χ3v) is 5.39. The van der Waals surface area contributed by atoms with E-state index in [1.165, 1.54) is 35.3 Å². The number of thioether (sulfide) groups is 1. The molecule has 0 fully saturated rings. The molecular formula is C23H44OS. The van der Waals surface area contributed by atoms with Crippen LogP contribution in [0.25, 0.3) is 0 Å². The normalized spacial score (nSPS) is 11.0. The second kappa shape index (κ2) is 12.7. The third-order valence-electron chi connectivity index (χ3n) is 3.95. The van der Waals surface area contributed by atoms with E-state index in [-0.39, 0.29) is 10.2 Å². The van der Waals surface area contributed by atoms with Gasteiger partial charge >= 0.3 is 0 Å². The standard InChI is InChI=1S/C19H32OS.2C2H6/c1-9-10-11-21-19(6,7)16-13-15(18(3,4)5)12-14(2)17(16)20-8;2*1-2/h12-13H,9-11H2,1-8H3;2*1-2H3. The lowest BCUT2D eigenvalue weighted by atomic mass is 9.83. The summed E-state index contributed by atoms with van der Waals surface area (Å²) in [6.45, 7) is 23.9. The SMILES string of the molecule is CC.CC.CCCCSC(C)(C)c1cc(C(C)(C)C)cc(C)c1OC. The van der Waals surface area contributed by atoms with Crippen molar-refractivity contribution in [3.05, 3.63) is 28.8 Å². The van der Waals surface area contributed by atoms with Crippen molar-refractivity contribution >= 4 is 11.8 Å². The molecule has 0 atom stereocenters. The molecule has 0 saturated carbocycles. The first-order valence-corrected chi connectivity index (χ1v) is 11.0. The number of methoxy groups -OCH3 is 1. The molecule has 0 bridgehead atoms. The second-order valence-corrected chi connectivity index (χ2v) is 9.05. The maximum atomic E-state index is 5.72. The average molecular weight is 369 g/mol. The summed E-state index contributed by atoms with van der Waals surface area (Å²) >= 11 is 2.03. The number of ether oxygens (including phenoxy) is 1. The number of rotatable bonds is 6.